The molecule has 0 aliphatic heterocycles. The predicted molar refractivity (Wildman–Crippen MR) is 106 cm³/mol. The Labute approximate surface area is 148 Å². The summed E-state index contributed by atoms with van der Waals surface area (Å²) in [7, 11) is -0.857. The molecule has 2 aromatic rings. The van der Waals surface area contributed by atoms with Gasteiger partial charge in [0.25, 0.3) is 0 Å². The molecule has 0 saturated carbocycles. The quantitative estimate of drug-likeness (QED) is 0.760. The molecule has 0 spiro atoms. The van der Waals surface area contributed by atoms with Gasteiger partial charge >= 0.3 is 0 Å². The monoisotopic (exact) mass is 362 g/mol. The van der Waals surface area contributed by atoms with Gasteiger partial charge in [0.05, 0.1) is 0 Å². The van der Waals surface area contributed by atoms with Crippen LogP contribution in [0.5, 0.6) is 0 Å². The second-order valence-corrected chi connectivity index (χ2v) is 13.8. The van der Waals surface area contributed by atoms with Crippen molar-refractivity contribution in [2.75, 3.05) is 12.3 Å². The smallest absolute Gasteiger partial charge is 0.150 e. The molecule has 2 atom stereocenters. The summed E-state index contributed by atoms with van der Waals surface area (Å²) in [6, 6.07) is 3.78. The molecular formula is C18H28N4P2. The van der Waals surface area contributed by atoms with Crippen LogP contribution in [0.25, 0.3) is 0 Å². The van der Waals surface area contributed by atoms with Crippen molar-refractivity contribution in [1.29, 1.82) is 0 Å². The van der Waals surface area contributed by atoms with Crippen molar-refractivity contribution < 1.29 is 0 Å². The second-order valence-electron chi connectivity index (χ2n) is 7.74. The highest BCUT2D eigenvalue weighted by Gasteiger charge is 2.33. The Hall–Kier alpha value is -0.980. The maximum atomic E-state index is 4.55. The highest BCUT2D eigenvalue weighted by molar-refractivity contribution is 7.70. The van der Waals surface area contributed by atoms with Gasteiger partial charge in [0.1, 0.15) is 0 Å². The van der Waals surface area contributed by atoms with Gasteiger partial charge in [0, 0.05) is 24.8 Å². The summed E-state index contributed by atoms with van der Waals surface area (Å²) in [5, 5.41) is 0.375. The minimum Gasteiger partial charge on any atom is -0.237 e. The van der Waals surface area contributed by atoms with Crippen LogP contribution < -0.4 is 11.1 Å². The zero-order valence-electron chi connectivity index (χ0n) is 15.6. The topological polar surface area (TPSA) is 51.6 Å². The Kier molecular flexibility index (Phi) is 6.39. The van der Waals surface area contributed by atoms with Crippen LogP contribution in [0.3, 0.4) is 0 Å². The van der Waals surface area contributed by atoms with Crippen LogP contribution in [0.4, 0.5) is 0 Å². The summed E-state index contributed by atoms with van der Waals surface area (Å²) >= 11 is 0. The molecule has 0 N–H and O–H groups in total. The van der Waals surface area contributed by atoms with E-state index < -0.39 is 15.8 Å². The summed E-state index contributed by atoms with van der Waals surface area (Å²) in [5.74, 6) is 0. The third kappa shape index (κ3) is 5.26. The van der Waals surface area contributed by atoms with Gasteiger partial charge < -0.3 is 0 Å². The van der Waals surface area contributed by atoms with Gasteiger partial charge in [-0.15, -0.1) is 0 Å². The summed E-state index contributed by atoms with van der Waals surface area (Å²) in [4.78, 5) is 18.2. The van der Waals surface area contributed by atoms with Crippen molar-refractivity contribution in [3.8, 4) is 0 Å². The van der Waals surface area contributed by atoms with E-state index in [1.807, 2.05) is 36.9 Å². The van der Waals surface area contributed by atoms with E-state index >= 15 is 0 Å². The molecule has 2 rings (SSSR count). The fourth-order valence-corrected chi connectivity index (χ4v) is 7.90. The summed E-state index contributed by atoms with van der Waals surface area (Å²) in [5.41, 5.74) is 2.02. The predicted octanol–water partition coefficient (Wildman–Crippen LogP) is 3.78. The molecule has 6 heteroatoms. The molecule has 0 saturated heterocycles. The maximum absolute atomic E-state index is 4.55. The number of nitrogens with zero attached hydrogens (tertiary/aromatic N) is 4. The minimum absolute atomic E-state index is 0.188. The van der Waals surface area contributed by atoms with E-state index in [1.165, 1.54) is 0 Å². The molecule has 0 fully saturated rings. The van der Waals surface area contributed by atoms with E-state index in [-0.39, 0.29) is 10.3 Å². The van der Waals surface area contributed by atoms with Crippen LogP contribution >= 0.6 is 15.8 Å². The zero-order valence-corrected chi connectivity index (χ0v) is 17.4. The van der Waals surface area contributed by atoms with Crippen LogP contribution in [0.2, 0.25) is 0 Å². The van der Waals surface area contributed by atoms with Crippen LogP contribution in [-0.4, -0.2) is 42.6 Å². The minimum atomic E-state index is -0.428. The van der Waals surface area contributed by atoms with Crippen LogP contribution in [-0.2, 0) is 0 Å². The first-order chi connectivity index (χ1) is 11.2. The molecular weight excluding hydrogens is 334 g/mol. The third-order valence-electron chi connectivity index (χ3n) is 3.75. The molecule has 24 heavy (non-hydrogen) atoms. The zero-order chi connectivity index (χ0) is 17.8. The van der Waals surface area contributed by atoms with Crippen LogP contribution in [0.1, 0.15) is 41.5 Å². The molecule has 0 radical (unpaired) electrons. The highest BCUT2D eigenvalue weighted by Crippen LogP contribution is 2.53. The van der Waals surface area contributed by atoms with Crippen molar-refractivity contribution >= 4 is 27.0 Å². The van der Waals surface area contributed by atoms with Crippen molar-refractivity contribution in [3.63, 3.8) is 0 Å². The first-order valence-corrected chi connectivity index (χ1v) is 11.3. The van der Waals surface area contributed by atoms with Crippen molar-refractivity contribution in [1.82, 2.24) is 19.9 Å². The van der Waals surface area contributed by atoms with E-state index in [0.717, 1.165) is 23.5 Å². The number of aromatic nitrogens is 4. The SMILES string of the molecule is CC(C)(C)P(CCP(c1ncccn1)C(C)(C)C)c1ncccn1. The summed E-state index contributed by atoms with van der Waals surface area (Å²) < 4.78 is 0. The van der Waals surface area contributed by atoms with E-state index in [9.17, 15) is 0 Å². The Morgan fingerprint density at radius 3 is 1.17 bits per heavy atom. The molecule has 2 unspecified atom stereocenters. The summed E-state index contributed by atoms with van der Waals surface area (Å²) in [6.45, 7) is 13.8. The number of rotatable bonds is 5. The largest absolute Gasteiger partial charge is 0.237 e. The Bertz CT molecular complexity index is 563. The van der Waals surface area contributed by atoms with Gasteiger partial charge in [-0.05, 0) is 50.6 Å². The first-order valence-electron chi connectivity index (χ1n) is 8.29. The highest BCUT2D eigenvalue weighted by atomic mass is 31.1. The third-order valence-corrected chi connectivity index (χ3v) is 10.1. The lowest BCUT2D eigenvalue weighted by atomic mass is 10.3. The van der Waals surface area contributed by atoms with Crippen molar-refractivity contribution in [3.05, 3.63) is 36.9 Å². The van der Waals surface area contributed by atoms with Crippen molar-refractivity contribution in [2.24, 2.45) is 0 Å². The standard InChI is InChI=1S/C18H28N4P2/c1-17(2,3)23(15-19-9-7-10-20-15)13-14-24(18(4,5)6)16-21-11-8-12-22-16/h7-12H,13-14H2,1-6H3. The number of hydrogen-bond acceptors (Lipinski definition) is 4. The molecule has 0 aliphatic carbocycles. The van der Waals surface area contributed by atoms with Crippen molar-refractivity contribution in [2.45, 2.75) is 51.9 Å². The van der Waals surface area contributed by atoms with Gasteiger partial charge in [0.2, 0.25) is 0 Å². The molecule has 0 aromatic carbocycles. The molecule has 2 aromatic heterocycles. The van der Waals surface area contributed by atoms with Gasteiger partial charge in [-0.2, -0.15) is 0 Å². The summed E-state index contributed by atoms with van der Waals surface area (Å²) in [6.07, 6.45) is 9.66. The Morgan fingerprint density at radius 1 is 0.625 bits per heavy atom. The fraction of sp³-hybridized carbons (Fsp3) is 0.556. The lowest BCUT2D eigenvalue weighted by Gasteiger charge is -2.34. The molecule has 0 amide bonds. The van der Waals surface area contributed by atoms with E-state index in [4.69, 9.17) is 0 Å². The Balaban J connectivity index is 2.23. The normalized spacial score (nSPS) is 15.1. The molecule has 4 nitrogen and oxygen atoms in total. The van der Waals surface area contributed by atoms with Gasteiger partial charge in [-0.1, -0.05) is 41.5 Å². The molecule has 2 heterocycles. The second kappa shape index (κ2) is 7.93. The van der Waals surface area contributed by atoms with E-state index in [0.29, 0.717) is 0 Å². The van der Waals surface area contributed by atoms with Gasteiger partial charge in [-0.25, -0.2) is 19.9 Å². The van der Waals surface area contributed by atoms with E-state index in [2.05, 4.69) is 61.5 Å². The van der Waals surface area contributed by atoms with E-state index in [1.54, 1.807) is 0 Å². The van der Waals surface area contributed by atoms with Gasteiger partial charge in [-0.3, -0.25) is 0 Å². The fourth-order valence-electron chi connectivity index (χ4n) is 2.53. The Morgan fingerprint density at radius 2 is 0.917 bits per heavy atom. The average molecular weight is 362 g/mol. The van der Waals surface area contributed by atoms with Crippen LogP contribution in [0.15, 0.2) is 36.9 Å². The first kappa shape index (κ1) is 19.3. The molecule has 0 aliphatic rings. The van der Waals surface area contributed by atoms with Crippen LogP contribution in [0, 0.1) is 0 Å². The molecule has 0 bridgehead atoms. The average Bonchev–Trinajstić information content (AvgIpc) is 2.51. The lowest BCUT2D eigenvalue weighted by Crippen LogP contribution is -2.29. The lowest BCUT2D eigenvalue weighted by molar-refractivity contribution is 0.778. The maximum Gasteiger partial charge on any atom is 0.150 e. The molecule has 130 valence electrons. The number of hydrogen-bond donors (Lipinski definition) is 0. The van der Waals surface area contributed by atoms with Gasteiger partial charge in [0.15, 0.2) is 11.1 Å².